The van der Waals surface area contributed by atoms with Gasteiger partial charge >= 0.3 is 5.76 Å². The van der Waals surface area contributed by atoms with Crippen molar-refractivity contribution >= 4 is 16.9 Å². The lowest BCUT2D eigenvalue weighted by Gasteiger charge is -2.00. The van der Waals surface area contributed by atoms with Crippen molar-refractivity contribution in [1.82, 2.24) is 4.57 Å². The number of ketones is 1. The van der Waals surface area contributed by atoms with Crippen LogP contribution in [-0.2, 0) is 6.54 Å². The molecule has 0 aliphatic carbocycles. The number of nitrogens with zero attached hydrogens (tertiary/aromatic N) is 1. The number of aryl methyl sites for hydroxylation is 2. The summed E-state index contributed by atoms with van der Waals surface area (Å²) in [5.41, 5.74) is 2.31. The van der Waals surface area contributed by atoms with Crippen molar-refractivity contribution < 1.29 is 13.6 Å². The van der Waals surface area contributed by atoms with Crippen LogP contribution >= 0.6 is 0 Å². The number of carbonyl (C=O) groups excluding carboxylic acids is 1. The lowest BCUT2D eigenvalue weighted by atomic mass is 10.1. The minimum absolute atomic E-state index is 0.221. The molecule has 0 aliphatic rings. The Hall–Kier alpha value is -2.56. The van der Waals surface area contributed by atoms with Crippen molar-refractivity contribution in [2.75, 3.05) is 0 Å². The second-order valence-electron chi connectivity index (χ2n) is 4.56. The van der Waals surface area contributed by atoms with Crippen LogP contribution in [0.3, 0.4) is 0 Å². The molecule has 0 atom stereocenters. The van der Waals surface area contributed by atoms with Crippen molar-refractivity contribution in [2.45, 2.75) is 20.4 Å². The molecule has 0 fully saturated rings. The zero-order valence-corrected chi connectivity index (χ0v) is 11.2. The van der Waals surface area contributed by atoms with E-state index in [2.05, 4.69) is 0 Å². The maximum absolute atomic E-state index is 12.3. The van der Waals surface area contributed by atoms with E-state index in [1.165, 1.54) is 10.8 Å². The first kappa shape index (κ1) is 12.5. The molecule has 3 rings (SSSR count). The van der Waals surface area contributed by atoms with Crippen LogP contribution in [0.4, 0.5) is 0 Å². The largest absolute Gasteiger partial charge is 0.461 e. The number of rotatable bonds is 3. The molecule has 0 N–H and O–H groups in total. The highest BCUT2D eigenvalue weighted by Gasteiger charge is 2.17. The molecule has 5 heteroatoms. The molecule has 102 valence electrons. The normalized spacial score (nSPS) is 11.1. The fraction of sp³-hybridized carbons (Fsp3) is 0.200. The van der Waals surface area contributed by atoms with Crippen molar-refractivity contribution in [3.63, 3.8) is 0 Å². The summed E-state index contributed by atoms with van der Waals surface area (Å²) in [4.78, 5) is 23.9. The molecule has 2 heterocycles. The quantitative estimate of drug-likeness (QED) is 0.687. The van der Waals surface area contributed by atoms with Gasteiger partial charge < -0.3 is 8.83 Å². The summed E-state index contributed by atoms with van der Waals surface area (Å²) in [6.07, 6.45) is 1.48. The Kier molecular flexibility index (Phi) is 2.82. The summed E-state index contributed by atoms with van der Waals surface area (Å²) in [7, 11) is 0. The van der Waals surface area contributed by atoms with Crippen LogP contribution in [-0.4, -0.2) is 10.4 Å². The molecular weight excluding hydrogens is 258 g/mol. The molecular formula is C15H13NO4. The lowest BCUT2D eigenvalue weighted by molar-refractivity contribution is 0.101. The van der Waals surface area contributed by atoms with Gasteiger partial charge in [0.2, 0.25) is 5.78 Å². The Morgan fingerprint density at radius 3 is 2.75 bits per heavy atom. The molecule has 5 nitrogen and oxygen atoms in total. The average Bonchev–Trinajstić information content (AvgIpc) is 2.99. The smallest absolute Gasteiger partial charge is 0.419 e. The minimum atomic E-state index is -0.415. The van der Waals surface area contributed by atoms with Gasteiger partial charge in [0.15, 0.2) is 11.3 Å². The highest BCUT2D eigenvalue weighted by molar-refractivity contribution is 6.09. The van der Waals surface area contributed by atoms with Gasteiger partial charge in [0.25, 0.3) is 0 Å². The second-order valence-corrected chi connectivity index (χ2v) is 4.56. The SMILES string of the molecule is CCn1c(=O)oc2cc(C(=O)c3occc3C)ccc21. The van der Waals surface area contributed by atoms with Gasteiger partial charge in [0, 0.05) is 12.1 Å². The molecule has 3 aromatic rings. The predicted octanol–water partition coefficient (Wildman–Crippen LogP) is 2.75. The predicted molar refractivity (Wildman–Crippen MR) is 73.0 cm³/mol. The van der Waals surface area contributed by atoms with Crippen molar-refractivity contribution in [3.8, 4) is 0 Å². The Bertz CT molecular complexity index is 850. The minimum Gasteiger partial charge on any atom is -0.461 e. The molecule has 0 saturated heterocycles. The Labute approximate surface area is 114 Å². The van der Waals surface area contributed by atoms with Crippen LogP contribution < -0.4 is 5.76 Å². The number of oxazole rings is 1. The summed E-state index contributed by atoms with van der Waals surface area (Å²) in [5, 5.41) is 0. The van der Waals surface area contributed by atoms with Gasteiger partial charge in [0.05, 0.1) is 11.8 Å². The van der Waals surface area contributed by atoms with E-state index in [1.54, 1.807) is 24.3 Å². The van der Waals surface area contributed by atoms with Gasteiger partial charge in [-0.15, -0.1) is 0 Å². The summed E-state index contributed by atoms with van der Waals surface area (Å²) < 4.78 is 11.9. The number of furan rings is 1. The highest BCUT2D eigenvalue weighted by Crippen LogP contribution is 2.19. The zero-order valence-electron chi connectivity index (χ0n) is 11.2. The monoisotopic (exact) mass is 271 g/mol. The van der Waals surface area contributed by atoms with Crippen LogP contribution in [0.5, 0.6) is 0 Å². The number of benzene rings is 1. The molecule has 0 unspecified atom stereocenters. The Morgan fingerprint density at radius 1 is 1.30 bits per heavy atom. The van der Waals surface area contributed by atoms with Gasteiger partial charge in [-0.2, -0.15) is 0 Å². The Morgan fingerprint density at radius 2 is 2.10 bits per heavy atom. The fourth-order valence-corrected chi connectivity index (χ4v) is 2.24. The summed E-state index contributed by atoms with van der Waals surface area (Å²) >= 11 is 0. The standard InChI is InChI=1S/C15H13NO4/c1-3-16-11-5-4-10(8-12(11)20-15(16)18)13(17)14-9(2)6-7-19-14/h4-8H,3H2,1-2H3. The molecule has 0 spiro atoms. The van der Waals surface area contributed by atoms with Gasteiger partial charge in [-0.3, -0.25) is 9.36 Å². The second kappa shape index (κ2) is 4.52. The zero-order chi connectivity index (χ0) is 14.3. The third kappa shape index (κ3) is 1.79. The van der Waals surface area contributed by atoms with Crippen molar-refractivity contribution in [2.24, 2.45) is 0 Å². The number of carbonyl (C=O) groups is 1. The molecule has 20 heavy (non-hydrogen) atoms. The van der Waals surface area contributed by atoms with Gasteiger partial charge in [-0.25, -0.2) is 4.79 Å². The van der Waals surface area contributed by atoms with E-state index in [9.17, 15) is 9.59 Å². The Balaban J connectivity index is 2.12. The van der Waals surface area contributed by atoms with Crippen LogP contribution in [0.25, 0.3) is 11.1 Å². The maximum atomic E-state index is 12.3. The van der Waals surface area contributed by atoms with E-state index in [4.69, 9.17) is 8.83 Å². The first-order valence-electron chi connectivity index (χ1n) is 6.34. The first-order chi connectivity index (χ1) is 9.61. The number of hydrogen-bond acceptors (Lipinski definition) is 4. The lowest BCUT2D eigenvalue weighted by Crippen LogP contribution is -2.11. The van der Waals surface area contributed by atoms with E-state index < -0.39 is 5.76 Å². The first-order valence-corrected chi connectivity index (χ1v) is 6.34. The van der Waals surface area contributed by atoms with E-state index in [0.29, 0.717) is 29.0 Å². The van der Waals surface area contributed by atoms with Crippen LogP contribution in [0, 0.1) is 6.92 Å². The maximum Gasteiger partial charge on any atom is 0.419 e. The van der Waals surface area contributed by atoms with Crippen molar-refractivity contribution in [3.05, 3.63) is 58.0 Å². The van der Waals surface area contributed by atoms with E-state index in [0.717, 1.165) is 5.56 Å². The summed E-state index contributed by atoms with van der Waals surface area (Å²) in [6, 6.07) is 6.70. The number of hydrogen-bond donors (Lipinski definition) is 0. The van der Waals surface area contributed by atoms with Crippen molar-refractivity contribution in [1.29, 1.82) is 0 Å². The van der Waals surface area contributed by atoms with E-state index in [-0.39, 0.29) is 5.78 Å². The molecule has 1 aromatic carbocycles. The fourth-order valence-electron chi connectivity index (χ4n) is 2.24. The number of fused-ring (bicyclic) bond motifs is 1. The van der Waals surface area contributed by atoms with Crippen LogP contribution in [0.2, 0.25) is 0 Å². The molecule has 0 amide bonds. The molecule has 2 aromatic heterocycles. The topological polar surface area (TPSA) is 65.3 Å². The van der Waals surface area contributed by atoms with Gasteiger partial charge in [0.1, 0.15) is 0 Å². The van der Waals surface area contributed by atoms with E-state index >= 15 is 0 Å². The molecule has 0 radical (unpaired) electrons. The van der Waals surface area contributed by atoms with Crippen LogP contribution in [0.15, 0.2) is 44.2 Å². The molecule has 0 saturated carbocycles. The average molecular weight is 271 g/mol. The van der Waals surface area contributed by atoms with Gasteiger partial charge in [-0.05, 0) is 43.7 Å². The third-order valence-corrected chi connectivity index (χ3v) is 3.31. The van der Waals surface area contributed by atoms with E-state index in [1.807, 2.05) is 13.8 Å². The third-order valence-electron chi connectivity index (χ3n) is 3.31. The number of aromatic nitrogens is 1. The summed E-state index contributed by atoms with van der Waals surface area (Å²) in [6.45, 7) is 4.20. The van der Waals surface area contributed by atoms with Gasteiger partial charge in [-0.1, -0.05) is 0 Å². The molecule has 0 bridgehead atoms. The van der Waals surface area contributed by atoms with Crippen LogP contribution in [0.1, 0.15) is 28.6 Å². The highest BCUT2D eigenvalue weighted by atomic mass is 16.4. The summed E-state index contributed by atoms with van der Waals surface area (Å²) in [5.74, 6) is -0.329. The molecule has 0 aliphatic heterocycles.